The van der Waals surface area contributed by atoms with Gasteiger partial charge in [0, 0.05) is 11.3 Å². The number of anilines is 1. The summed E-state index contributed by atoms with van der Waals surface area (Å²) >= 11 is 1.25. The predicted octanol–water partition coefficient (Wildman–Crippen LogP) is 2.79. The summed E-state index contributed by atoms with van der Waals surface area (Å²) < 4.78 is 3.24. The molecule has 0 saturated heterocycles. The summed E-state index contributed by atoms with van der Waals surface area (Å²) in [5.41, 5.74) is 6.28. The van der Waals surface area contributed by atoms with Gasteiger partial charge in [-0.05, 0) is 52.2 Å². The highest BCUT2D eigenvalue weighted by molar-refractivity contribution is 8.00. The predicted molar refractivity (Wildman–Crippen MR) is 127 cm³/mol. The Kier molecular flexibility index (Phi) is 5.41. The second kappa shape index (κ2) is 8.39. The molecule has 0 spiro atoms. The minimum Gasteiger partial charge on any atom is -0.335 e. The summed E-state index contributed by atoms with van der Waals surface area (Å²) in [6.45, 7) is 5.63. The van der Waals surface area contributed by atoms with Crippen LogP contribution in [0.2, 0.25) is 0 Å². The number of rotatable bonds is 6. The lowest BCUT2D eigenvalue weighted by atomic mass is 10.2. The zero-order chi connectivity index (χ0) is 23.1. The average Bonchev–Trinajstić information content (AvgIpc) is 3.57. The Morgan fingerprint density at radius 3 is 2.79 bits per heavy atom. The molecule has 5 rings (SSSR count). The van der Waals surface area contributed by atoms with Crippen molar-refractivity contribution in [2.45, 2.75) is 50.4 Å². The Morgan fingerprint density at radius 1 is 1.21 bits per heavy atom. The first kappa shape index (κ1) is 21.3. The Balaban J connectivity index is 1.31. The van der Waals surface area contributed by atoms with Crippen molar-refractivity contribution >= 4 is 23.4 Å². The number of nitrogens with zero attached hydrogens (tertiary/aromatic N) is 6. The number of hydrogen-bond acceptors (Lipinski definition) is 7. The van der Waals surface area contributed by atoms with Crippen molar-refractivity contribution in [1.29, 1.82) is 0 Å². The topological polar surface area (TPSA) is 132 Å². The van der Waals surface area contributed by atoms with Crippen molar-refractivity contribution in [1.82, 2.24) is 34.9 Å². The van der Waals surface area contributed by atoms with Crippen molar-refractivity contribution in [3.63, 3.8) is 0 Å². The van der Waals surface area contributed by atoms with Crippen LogP contribution < -0.4 is 11.2 Å². The van der Waals surface area contributed by atoms with Crippen LogP contribution in [0.4, 0.5) is 5.69 Å². The molecule has 0 saturated carbocycles. The normalized spacial score (nSPS) is 13.8. The van der Waals surface area contributed by atoms with Gasteiger partial charge in [0.15, 0.2) is 0 Å². The van der Waals surface area contributed by atoms with Gasteiger partial charge in [-0.3, -0.25) is 9.89 Å². The number of aromatic nitrogens is 7. The van der Waals surface area contributed by atoms with Crippen molar-refractivity contribution in [3.05, 3.63) is 53.0 Å². The van der Waals surface area contributed by atoms with E-state index in [1.165, 1.54) is 16.4 Å². The fourth-order valence-corrected chi connectivity index (χ4v) is 4.87. The molecule has 1 aliphatic carbocycles. The van der Waals surface area contributed by atoms with Gasteiger partial charge in [0.05, 0.1) is 28.0 Å². The zero-order valence-electron chi connectivity index (χ0n) is 18.7. The highest BCUT2D eigenvalue weighted by Crippen LogP contribution is 2.31. The number of H-pyrrole nitrogens is 1. The summed E-state index contributed by atoms with van der Waals surface area (Å²) in [5.74, 6) is 6.61. The number of amides is 1. The molecule has 1 aliphatic rings. The fourth-order valence-electron chi connectivity index (χ4n) is 4.10. The molecular formula is C22H25N9OS. The molecule has 4 N–H and O–H groups in total. The van der Waals surface area contributed by atoms with E-state index in [0.717, 1.165) is 53.3 Å². The molecule has 0 aliphatic heterocycles. The lowest BCUT2D eigenvalue weighted by Crippen LogP contribution is -2.24. The van der Waals surface area contributed by atoms with E-state index >= 15 is 0 Å². The van der Waals surface area contributed by atoms with Gasteiger partial charge in [-0.15, -0.1) is 10.2 Å². The van der Waals surface area contributed by atoms with Gasteiger partial charge < -0.3 is 11.2 Å². The Hall–Kier alpha value is -3.60. The van der Waals surface area contributed by atoms with Gasteiger partial charge >= 0.3 is 0 Å². The van der Waals surface area contributed by atoms with Crippen LogP contribution in [0.25, 0.3) is 17.2 Å². The van der Waals surface area contributed by atoms with E-state index in [4.69, 9.17) is 5.84 Å². The number of aryl methyl sites for hydroxylation is 2. The number of nitrogens with one attached hydrogen (secondary N) is 2. The van der Waals surface area contributed by atoms with Crippen molar-refractivity contribution < 1.29 is 4.79 Å². The Labute approximate surface area is 194 Å². The minimum atomic E-state index is -0.451. The molecule has 1 atom stereocenters. The number of thioether (sulfide) groups is 1. The molecule has 170 valence electrons. The monoisotopic (exact) mass is 463 g/mol. The molecule has 0 fully saturated rings. The highest BCUT2D eigenvalue weighted by atomic mass is 32.2. The zero-order valence-corrected chi connectivity index (χ0v) is 19.5. The van der Waals surface area contributed by atoms with E-state index in [-0.39, 0.29) is 5.91 Å². The van der Waals surface area contributed by atoms with Gasteiger partial charge in [-0.1, -0.05) is 30.0 Å². The number of carbonyl (C=O) groups excluding carboxylic acids is 1. The molecule has 4 aromatic rings. The first-order chi connectivity index (χ1) is 15.9. The molecule has 1 aromatic carbocycles. The molecule has 33 heavy (non-hydrogen) atoms. The SMILES string of the molecule is Cc1nn(-c2ccccc2)c(C)c1NC(=O)C(C)Sc1nnc(-c2n[nH]c3c2CCC3)n1N. The summed E-state index contributed by atoms with van der Waals surface area (Å²) in [5, 5.41) is 23.5. The molecule has 11 heteroatoms. The molecule has 0 radical (unpaired) electrons. The van der Waals surface area contributed by atoms with Crippen LogP contribution in [0.5, 0.6) is 0 Å². The van der Waals surface area contributed by atoms with Crippen LogP contribution in [-0.2, 0) is 17.6 Å². The molecule has 10 nitrogen and oxygen atoms in total. The van der Waals surface area contributed by atoms with Gasteiger partial charge in [-0.25, -0.2) is 9.36 Å². The third-order valence-corrected chi connectivity index (χ3v) is 6.93. The largest absolute Gasteiger partial charge is 0.335 e. The van der Waals surface area contributed by atoms with E-state index < -0.39 is 5.25 Å². The molecular weight excluding hydrogens is 438 g/mol. The standard InChI is InChI=1S/C22H25N9OS/c1-12-18(13(2)31(29-12)15-8-5-4-6-9-15)24-21(32)14(3)33-22-28-27-20(30(22)23)19-16-10-7-11-17(16)25-26-19/h4-6,8-9,14H,7,10-11,23H2,1-3H3,(H,24,32)(H,25,26). The molecule has 3 aromatic heterocycles. The van der Waals surface area contributed by atoms with E-state index in [1.54, 1.807) is 0 Å². The molecule has 3 heterocycles. The van der Waals surface area contributed by atoms with E-state index in [0.29, 0.717) is 16.7 Å². The Morgan fingerprint density at radius 2 is 2.00 bits per heavy atom. The summed E-state index contributed by atoms with van der Waals surface area (Å²) in [6, 6.07) is 9.82. The highest BCUT2D eigenvalue weighted by Gasteiger charge is 2.26. The number of nitrogens with two attached hydrogens (primary N) is 1. The second-order valence-electron chi connectivity index (χ2n) is 8.10. The lowest BCUT2D eigenvalue weighted by molar-refractivity contribution is -0.115. The molecule has 1 amide bonds. The number of carbonyl (C=O) groups is 1. The Bertz CT molecular complexity index is 1320. The van der Waals surface area contributed by atoms with Crippen LogP contribution in [-0.4, -0.2) is 46.0 Å². The number of para-hydroxylation sites is 1. The maximum atomic E-state index is 13.0. The first-order valence-corrected chi connectivity index (χ1v) is 11.7. The fraction of sp³-hybridized carbons (Fsp3) is 0.318. The summed E-state index contributed by atoms with van der Waals surface area (Å²) in [7, 11) is 0. The van der Waals surface area contributed by atoms with Gasteiger partial charge in [-0.2, -0.15) is 10.2 Å². The van der Waals surface area contributed by atoms with Crippen LogP contribution in [0.3, 0.4) is 0 Å². The van der Waals surface area contributed by atoms with E-state index in [9.17, 15) is 4.79 Å². The van der Waals surface area contributed by atoms with E-state index in [1.807, 2.05) is 55.8 Å². The average molecular weight is 464 g/mol. The lowest BCUT2D eigenvalue weighted by Gasteiger charge is -2.12. The quantitative estimate of drug-likeness (QED) is 0.296. The van der Waals surface area contributed by atoms with Crippen molar-refractivity contribution in [3.8, 4) is 17.2 Å². The number of fused-ring (bicyclic) bond motifs is 1. The third-order valence-electron chi connectivity index (χ3n) is 5.87. The summed E-state index contributed by atoms with van der Waals surface area (Å²) in [6.07, 6.45) is 3.03. The third kappa shape index (κ3) is 3.78. The van der Waals surface area contributed by atoms with Crippen LogP contribution >= 0.6 is 11.8 Å². The number of benzene rings is 1. The first-order valence-electron chi connectivity index (χ1n) is 10.8. The van der Waals surface area contributed by atoms with Crippen LogP contribution in [0, 0.1) is 13.8 Å². The smallest absolute Gasteiger partial charge is 0.237 e. The van der Waals surface area contributed by atoms with Crippen LogP contribution in [0.1, 0.15) is 36.0 Å². The molecule has 0 bridgehead atoms. The maximum Gasteiger partial charge on any atom is 0.237 e. The maximum absolute atomic E-state index is 13.0. The number of nitrogen functional groups attached to an aromatic ring is 1. The van der Waals surface area contributed by atoms with Crippen molar-refractivity contribution in [2.75, 3.05) is 11.2 Å². The van der Waals surface area contributed by atoms with Gasteiger partial charge in [0.1, 0.15) is 5.69 Å². The minimum absolute atomic E-state index is 0.163. The van der Waals surface area contributed by atoms with Crippen LogP contribution in [0.15, 0.2) is 35.5 Å². The van der Waals surface area contributed by atoms with Crippen molar-refractivity contribution in [2.24, 2.45) is 0 Å². The van der Waals surface area contributed by atoms with E-state index in [2.05, 4.69) is 30.8 Å². The van der Waals surface area contributed by atoms with Gasteiger partial charge in [0.2, 0.25) is 16.9 Å². The number of aromatic amines is 1. The van der Waals surface area contributed by atoms with Gasteiger partial charge in [0.25, 0.3) is 0 Å². The number of hydrogen-bond donors (Lipinski definition) is 3. The molecule has 1 unspecified atom stereocenters. The summed E-state index contributed by atoms with van der Waals surface area (Å²) in [4.78, 5) is 13.0. The second-order valence-corrected chi connectivity index (χ2v) is 9.41.